The monoisotopic (exact) mass is 251 g/mol. The Morgan fingerprint density at radius 3 is 2.88 bits per heavy atom. The Morgan fingerprint density at radius 1 is 1.41 bits per heavy atom. The molecule has 1 atom stereocenters. The largest absolute Gasteiger partial charge is 0.463 e. The van der Waals surface area contributed by atoms with Crippen LogP contribution in [0.4, 0.5) is 0 Å². The average Bonchev–Trinajstić information content (AvgIpc) is 2.81. The zero-order valence-corrected chi connectivity index (χ0v) is 10.3. The molecule has 2 heterocycles. The second kappa shape index (κ2) is 5.34. The minimum absolute atomic E-state index is 0.429. The first kappa shape index (κ1) is 12.1. The molecule has 3 nitrogen and oxygen atoms in total. The van der Waals surface area contributed by atoms with Crippen molar-refractivity contribution in [1.29, 1.82) is 0 Å². The molecule has 1 N–H and O–H groups in total. The van der Waals surface area contributed by atoms with Crippen LogP contribution in [-0.4, -0.2) is 10.1 Å². The van der Waals surface area contributed by atoms with E-state index in [4.69, 9.17) is 16.0 Å². The molecular weight excluding hydrogens is 238 g/mol. The van der Waals surface area contributed by atoms with Crippen LogP contribution in [0.25, 0.3) is 0 Å². The van der Waals surface area contributed by atoms with Crippen molar-refractivity contribution in [3.05, 3.63) is 52.7 Å². The number of aliphatic hydroxyl groups is 1. The molecule has 2 rings (SSSR count). The minimum atomic E-state index is -0.671. The summed E-state index contributed by atoms with van der Waals surface area (Å²) in [5, 5.41) is 10.6. The zero-order chi connectivity index (χ0) is 12.3. The number of pyridine rings is 1. The lowest BCUT2D eigenvalue weighted by Gasteiger charge is -2.08. The molecule has 2 aromatic rings. The van der Waals surface area contributed by atoms with Crippen molar-refractivity contribution in [1.82, 2.24) is 4.98 Å². The van der Waals surface area contributed by atoms with E-state index in [1.807, 2.05) is 13.0 Å². The van der Waals surface area contributed by atoms with Gasteiger partial charge in [-0.1, -0.05) is 18.5 Å². The van der Waals surface area contributed by atoms with Crippen molar-refractivity contribution in [2.75, 3.05) is 0 Å². The molecule has 90 valence electrons. The van der Waals surface area contributed by atoms with Crippen molar-refractivity contribution >= 4 is 11.6 Å². The van der Waals surface area contributed by atoms with Crippen LogP contribution < -0.4 is 0 Å². The van der Waals surface area contributed by atoms with E-state index in [1.54, 1.807) is 24.5 Å². The number of aromatic nitrogens is 1. The lowest BCUT2D eigenvalue weighted by atomic mass is 10.1. The fraction of sp³-hybridized carbons (Fsp3) is 0.308. The molecule has 17 heavy (non-hydrogen) atoms. The third kappa shape index (κ3) is 2.87. The summed E-state index contributed by atoms with van der Waals surface area (Å²) in [5.41, 5.74) is 0.864. The molecule has 0 aliphatic carbocycles. The van der Waals surface area contributed by atoms with Gasteiger partial charge in [-0.3, -0.25) is 4.98 Å². The Labute approximate surface area is 105 Å². The van der Waals surface area contributed by atoms with Gasteiger partial charge in [0.2, 0.25) is 0 Å². The third-order valence-electron chi connectivity index (χ3n) is 2.63. The van der Waals surface area contributed by atoms with Crippen molar-refractivity contribution < 1.29 is 9.52 Å². The Bertz CT molecular complexity index is 496. The maximum absolute atomic E-state index is 10.0. The summed E-state index contributed by atoms with van der Waals surface area (Å²) in [4.78, 5) is 3.91. The van der Waals surface area contributed by atoms with E-state index in [0.717, 1.165) is 17.7 Å². The van der Waals surface area contributed by atoms with Crippen molar-refractivity contribution in [3.8, 4) is 0 Å². The lowest BCUT2D eigenvalue weighted by Crippen LogP contribution is -2.01. The van der Waals surface area contributed by atoms with E-state index >= 15 is 0 Å². The Morgan fingerprint density at radius 2 is 2.24 bits per heavy atom. The van der Waals surface area contributed by atoms with E-state index in [9.17, 15) is 5.11 Å². The lowest BCUT2D eigenvalue weighted by molar-refractivity contribution is 0.148. The third-order valence-corrected chi connectivity index (χ3v) is 2.97. The van der Waals surface area contributed by atoms with Crippen molar-refractivity contribution in [2.45, 2.75) is 25.9 Å². The molecule has 1 unspecified atom stereocenters. The Kier molecular flexibility index (Phi) is 3.82. The first-order valence-electron chi connectivity index (χ1n) is 5.55. The second-order valence-corrected chi connectivity index (χ2v) is 4.25. The summed E-state index contributed by atoms with van der Waals surface area (Å²) in [5.74, 6) is 1.45. The predicted molar refractivity (Wildman–Crippen MR) is 66.0 cm³/mol. The van der Waals surface area contributed by atoms with Gasteiger partial charge in [0.15, 0.2) is 0 Å². The van der Waals surface area contributed by atoms with E-state index in [0.29, 0.717) is 17.2 Å². The number of hydrogen-bond donors (Lipinski definition) is 1. The van der Waals surface area contributed by atoms with Gasteiger partial charge < -0.3 is 9.52 Å². The van der Waals surface area contributed by atoms with E-state index in [2.05, 4.69) is 4.98 Å². The van der Waals surface area contributed by atoms with Crippen LogP contribution in [0, 0.1) is 0 Å². The number of aliphatic hydroxyl groups excluding tert-OH is 1. The quantitative estimate of drug-likeness (QED) is 0.908. The summed E-state index contributed by atoms with van der Waals surface area (Å²) < 4.78 is 5.50. The summed E-state index contributed by atoms with van der Waals surface area (Å²) in [7, 11) is 0. The Hall–Kier alpha value is -1.32. The highest BCUT2D eigenvalue weighted by molar-refractivity contribution is 6.31. The van der Waals surface area contributed by atoms with E-state index in [-0.39, 0.29) is 0 Å². The molecule has 0 radical (unpaired) electrons. The number of rotatable bonds is 4. The van der Waals surface area contributed by atoms with Crippen LogP contribution in [0.15, 0.2) is 35.0 Å². The number of aryl methyl sites for hydroxylation is 1. The second-order valence-electron chi connectivity index (χ2n) is 3.84. The maximum atomic E-state index is 10.0. The molecule has 0 aromatic carbocycles. The van der Waals surface area contributed by atoms with Gasteiger partial charge in [0.1, 0.15) is 17.6 Å². The fourth-order valence-corrected chi connectivity index (χ4v) is 1.84. The van der Waals surface area contributed by atoms with Gasteiger partial charge in [-0.05, 0) is 23.8 Å². The summed E-state index contributed by atoms with van der Waals surface area (Å²) in [6, 6.07) is 5.49. The smallest absolute Gasteiger partial charge is 0.133 e. The highest BCUT2D eigenvalue weighted by Crippen LogP contribution is 2.24. The molecule has 2 aromatic heterocycles. The van der Waals surface area contributed by atoms with Gasteiger partial charge in [-0.2, -0.15) is 0 Å². The normalized spacial score (nSPS) is 12.6. The van der Waals surface area contributed by atoms with Gasteiger partial charge in [0, 0.05) is 25.2 Å². The number of halogens is 1. The molecule has 0 bridgehead atoms. The van der Waals surface area contributed by atoms with Crippen LogP contribution in [0.5, 0.6) is 0 Å². The molecule has 0 spiro atoms. The Balaban J connectivity index is 2.11. The van der Waals surface area contributed by atoms with Crippen LogP contribution in [0.1, 0.15) is 30.1 Å². The van der Waals surface area contributed by atoms with Gasteiger partial charge in [0.05, 0.1) is 5.02 Å². The molecule has 0 saturated heterocycles. The van der Waals surface area contributed by atoms with Gasteiger partial charge in [0.25, 0.3) is 0 Å². The molecule has 0 saturated carbocycles. The number of nitrogens with zero attached hydrogens (tertiary/aromatic N) is 1. The van der Waals surface area contributed by atoms with Gasteiger partial charge in [-0.15, -0.1) is 0 Å². The molecule has 0 fully saturated rings. The molecule has 0 amide bonds. The summed E-state index contributed by atoms with van der Waals surface area (Å²) >= 11 is 5.98. The predicted octanol–water partition coefficient (Wildman–Crippen LogP) is 3.17. The molecular formula is C13H14ClNO2. The van der Waals surface area contributed by atoms with E-state index in [1.165, 1.54) is 0 Å². The van der Waals surface area contributed by atoms with Crippen LogP contribution in [-0.2, 0) is 12.8 Å². The first-order valence-corrected chi connectivity index (χ1v) is 5.93. The highest BCUT2D eigenvalue weighted by Gasteiger charge is 2.14. The van der Waals surface area contributed by atoms with E-state index < -0.39 is 6.10 Å². The fourth-order valence-electron chi connectivity index (χ4n) is 1.64. The SMILES string of the molecule is CCc1ccc(C(O)Cc2ccncc2Cl)o1. The van der Waals surface area contributed by atoms with Gasteiger partial charge >= 0.3 is 0 Å². The minimum Gasteiger partial charge on any atom is -0.463 e. The summed E-state index contributed by atoms with van der Waals surface area (Å²) in [6.45, 7) is 2.01. The number of hydrogen-bond acceptors (Lipinski definition) is 3. The zero-order valence-electron chi connectivity index (χ0n) is 9.56. The standard InChI is InChI=1S/C13H14ClNO2/c1-2-10-3-4-13(17-10)12(16)7-9-5-6-15-8-11(9)14/h3-6,8,12,16H,2,7H2,1H3. The molecule has 4 heteroatoms. The topological polar surface area (TPSA) is 46.3 Å². The summed E-state index contributed by atoms with van der Waals surface area (Å²) in [6.07, 6.45) is 3.81. The van der Waals surface area contributed by atoms with Crippen LogP contribution in [0.3, 0.4) is 0 Å². The van der Waals surface area contributed by atoms with Crippen molar-refractivity contribution in [3.63, 3.8) is 0 Å². The first-order chi connectivity index (χ1) is 8.20. The highest BCUT2D eigenvalue weighted by atomic mass is 35.5. The van der Waals surface area contributed by atoms with Crippen LogP contribution >= 0.6 is 11.6 Å². The molecule has 0 aliphatic rings. The number of furan rings is 1. The average molecular weight is 252 g/mol. The van der Waals surface area contributed by atoms with Crippen molar-refractivity contribution in [2.24, 2.45) is 0 Å². The maximum Gasteiger partial charge on any atom is 0.133 e. The van der Waals surface area contributed by atoms with Gasteiger partial charge in [-0.25, -0.2) is 0 Å². The van der Waals surface area contributed by atoms with Crippen LogP contribution in [0.2, 0.25) is 5.02 Å². The molecule has 0 aliphatic heterocycles.